The number of halogens is 2. The van der Waals surface area contributed by atoms with Gasteiger partial charge in [-0.3, -0.25) is 0 Å². The zero-order valence-corrected chi connectivity index (χ0v) is 20.2. The van der Waals surface area contributed by atoms with Crippen molar-refractivity contribution in [3.8, 4) is 0 Å². The summed E-state index contributed by atoms with van der Waals surface area (Å²) in [5.41, 5.74) is 1.36. The first-order chi connectivity index (χ1) is 14.0. The number of hydrogen-bond donors (Lipinski definition) is 2. The van der Waals surface area contributed by atoms with Gasteiger partial charge in [0.15, 0.2) is 0 Å². The van der Waals surface area contributed by atoms with Gasteiger partial charge in [0, 0.05) is 21.7 Å². The highest BCUT2D eigenvalue weighted by molar-refractivity contribution is 7.84. The van der Waals surface area contributed by atoms with Crippen LogP contribution in [0, 0.1) is 0 Å². The molecule has 1 unspecified atom stereocenters. The number of aliphatic hydroxyl groups is 1. The number of rotatable bonds is 6. The maximum atomic E-state index is 13.0. The van der Waals surface area contributed by atoms with Crippen LogP contribution in [0.1, 0.15) is 55.4 Å². The van der Waals surface area contributed by atoms with E-state index in [-0.39, 0.29) is 5.15 Å². The molecule has 0 radical (unpaired) electrons. The lowest BCUT2D eigenvalue weighted by molar-refractivity contribution is 0.223. The van der Waals surface area contributed by atoms with Gasteiger partial charge in [-0.25, -0.2) is 18.9 Å². The topological polar surface area (TPSA) is 75.1 Å². The molecule has 0 saturated heterocycles. The summed E-state index contributed by atoms with van der Waals surface area (Å²) in [4.78, 5) is 8.57. The van der Waals surface area contributed by atoms with Crippen LogP contribution in [-0.2, 0) is 16.5 Å². The third-order valence-electron chi connectivity index (χ3n) is 4.71. The molecule has 3 rings (SSSR count). The molecule has 0 fully saturated rings. The zero-order valence-electron chi connectivity index (χ0n) is 17.0. The smallest absolute Gasteiger partial charge is 0.138 e. The summed E-state index contributed by atoms with van der Waals surface area (Å²) in [6.45, 7) is 7.69. The van der Waals surface area contributed by atoms with Crippen molar-refractivity contribution in [1.29, 1.82) is 0 Å². The number of nitrogens with one attached hydrogen (secondary N) is 1. The Hall–Kier alpha value is -1.35. The summed E-state index contributed by atoms with van der Waals surface area (Å²) in [6, 6.07) is 9.33. The summed E-state index contributed by atoms with van der Waals surface area (Å²) < 4.78 is 15.8. The number of thiophene rings is 1. The van der Waals surface area contributed by atoms with Crippen LogP contribution in [0.15, 0.2) is 48.2 Å². The Morgan fingerprint density at radius 1 is 1.17 bits per heavy atom. The van der Waals surface area contributed by atoms with Crippen molar-refractivity contribution < 1.29 is 9.32 Å². The van der Waals surface area contributed by atoms with Gasteiger partial charge in [0.05, 0.1) is 21.3 Å². The molecule has 30 heavy (non-hydrogen) atoms. The highest BCUT2D eigenvalue weighted by atomic mass is 35.5. The van der Waals surface area contributed by atoms with E-state index in [4.69, 9.17) is 23.2 Å². The molecule has 0 saturated carbocycles. The highest BCUT2D eigenvalue weighted by Crippen LogP contribution is 2.38. The van der Waals surface area contributed by atoms with E-state index in [0.29, 0.717) is 15.5 Å². The molecule has 0 amide bonds. The van der Waals surface area contributed by atoms with Gasteiger partial charge in [0.2, 0.25) is 0 Å². The minimum absolute atomic E-state index is 0.206. The quantitative estimate of drug-likeness (QED) is 0.469. The predicted molar refractivity (Wildman–Crippen MR) is 124 cm³/mol. The molecule has 3 atom stereocenters. The van der Waals surface area contributed by atoms with E-state index in [1.54, 1.807) is 6.07 Å². The van der Waals surface area contributed by atoms with E-state index < -0.39 is 27.4 Å². The van der Waals surface area contributed by atoms with Crippen LogP contribution >= 0.6 is 34.5 Å². The Morgan fingerprint density at radius 2 is 1.90 bits per heavy atom. The minimum atomic E-state index is -1.35. The molecular weight excluding hydrogens is 461 g/mol. The minimum Gasteiger partial charge on any atom is -0.383 e. The summed E-state index contributed by atoms with van der Waals surface area (Å²) in [6.07, 6.45) is 1.87. The lowest BCUT2D eigenvalue weighted by Crippen LogP contribution is -2.46. The first-order valence-corrected chi connectivity index (χ1v) is 12.0. The Balaban J connectivity index is 2.05. The fraction of sp³-hybridized carbons (Fsp3) is 0.333. The van der Waals surface area contributed by atoms with Crippen molar-refractivity contribution in [2.75, 3.05) is 0 Å². The average Bonchev–Trinajstić information content (AvgIpc) is 3.18. The van der Waals surface area contributed by atoms with Crippen molar-refractivity contribution in [1.82, 2.24) is 14.7 Å². The molecule has 0 aliphatic carbocycles. The fourth-order valence-corrected chi connectivity index (χ4v) is 5.16. The third-order valence-corrected chi connectivity index (χ3v) is 7.95. The Kier molecular flexibility index (Phi) is 7.01. The second-order valence-electron chi connectivity index (χ2n) is 8.03. The van der Waals surface area contributed by atoms with Crippen molar-refractivity contribution in [3.05, 3.63) is 80.0 Å². The van der Waals surface area contributed by atoms with E-state index in [2.05, 4.69) is 14.7 Å². The van der Waals surface area contributed by atoms with E-state index in [1.807, 2.05) is 57.3 Å². The van der Waals surface area contributed by atoms with Gasteiger partial charge in [-0.1, -0.05) is 35.3 Å². The first-order valence-electron chi connectivity index (χ1n) is 9.20. The van der Waals surface area contributed by atoms with Crippen LogP contribution in [0.25, 0.3) is 0 Å². The molecule has 9 heteroatoms. The van der Waals surface area contributed by atoms with Crippen LogP contribution < -0.4 is 4.72 Å². The number of nitrogens with zero attached hydrogens (tertiary/aromatic N) is 2. The van der Waals surface area contributed by atoms with Crippen LogP contribution in [0.2, 0.25) is 10.2 Å². The van der Waals surface area contributed by atoms with Crippen LogP contribution in [0.3, 0.4) is 0 Å². The molecule has 0 bridgehead atoms. The van der Waals surface area contributed by atoms with E-state index in [1.165, 1.54) is 23.9 Å². The van der Waals surface area contributed by atoms with Crippen LogP contribution in [0.5, 0.6) is 0 Å². The Bertz CT molecular complexity index is 1070. The van der Waals surface area contributed by atoms with Gasteiger partial charge in [-0.05, 0) is 62.4 Å². The molecule has 2 N–H and O–H groups in total. The molecule has 1 aromatic carbocycles. The summed E-state index contributed by atoms with van der Waals surface area (Å²) in [5, 5.41) is 13.6. The molecule has 5 nitrogen and oxygen atoms in total. The summed E-state index contributed by atoms with van der Waals surface area (Å²) in [7, 11) is -1.35. The monoisotopic (exact) mass is 483 g/mol. The average molecular weight is 484 g/mol. The van der Waals surface area contributed by atoms with Crippen molar-refractivity contribution in [3.63, 3.8) is 0 Å². The fourth-order valence-electron chi connectivity index (χ4n) is 2.84. The number of benzene rings is 1. The maximum absolute atomic E-state index is 13.0. The SMILES string of the molecule is CC(C)(C)S(=O)N[C@@](C)(c1cccc(Cl)c1)c1csc([C@@H](O)c2cncnc2Cl)c1. The van der Waals surface area contributed by atoms with Gasteiger partial charge in [0.25, 0.3) is 0 Å². The molecule has 0 aliphatic rings. The lowest BCUT2D eigenvalue weighted by Gasteiger charge is -2.33. The van der Waals surface area contributed by atoms with Gasteiger partial charge < -0.3 is 5.11 Å². The van der Waals surface area contributed by atoms with Gasteiger partial charge >= 0.3 is 0 Å². The maximum Gasteiger partial charge on any atom is 0.138 e. The molecule has 2 aromatic heterocycles. The van der Waals surface area contributed by atoms with Crippen LogP contribution in [-0.4, -0.2) is 24.0 Å². The predicted octanol–water partition coefficient (Wildman–Crippen LogP) is 5.24. The van der Waals surface area contributed by atoms with Crippen molar-refractivity contribution in [2.24, 2.45) is 0 Å². The normalized spacial score (nSPS) is 16.1. The number of hydrogen-bond acceptors (Lipinski definition) is 5. The highest BCUT2D eigenvalue weighted by Gasteiger charge is 2.35. The zero-order chi connectivity index (χ0) is 22.1. The number of aromatic nitrogens is 2. The van der Waals surface area contributed by atoms with Gasteiger partial charge in [-0.15, -0.1) is 11.3 Å². The molecule has 0 aliphatic heterocycles. The Labute approximate surface area is 193 Å². The van der Waals surface area contributed by atoms with Crippen LogP contribution in [0.4, 0.5) is 0 Å². The molecule has 3 aromatic rings. The van der Waals surface area contributed by atoms with Crippen molar-refractivity contribution in [2.45, 2.75) is 44.1 Å². The van der Waals surface area contributed by atoms with E-state index in [9.17, 15) is 9.32 Å². The molecule has 0 spiro atoms. The molecule has 160 valence electrons. The first kappa shape index (κ1) is 23.3. The summed E-state index contributed by atoms with van der Waals surface area (Å²) in [5.74, 6) is 0. The Morgan fingerprint density at radius 3 is 2.53 bits per heavy atom. The number of aliphatic hydroxyl groups excluding tert-OH is 1. The molecule has 2 heterocycles. The van der Waals surface area contributed by atoms with E-state index in [0.717, 1.165) is 11.1 Å². The second kappa shape index (κ2) is 9.02. The van der Waals surface area contributed by atoms with Gasteiger partial charge in [-0.2, -0.15) is 0 Å². The van der Waals surface area contributed by atoms with Crippen molar-refractivity contribution >= 4 is 45.5 Å². The lowest BCUT2D eigenvalue weighted by atomic mass is 9.87. The standard InChI is InChI=1S/C21H23Cl2N3O2S2/c1-20(2,3)30(28)26-21(4,13-6-5-7-15(22)8-13)14-9-17(29-11-14)18(27)16-10-24-12-25-19(16)23/h5-12,18,26-27H,1-4H3/t18-,21-,30?/m0/s1. The summed E-state index contributed by atoms with van der Waals surface area (Å²) >= 11 is 13.8. The van der Waals surface area contributed by atoms with E-state index >= 15 is 0 Å². The third kappa shape index (κ3) is 4.93. The second-order valence-corrected chi connectivity index (χ2v) is 11.7. The van der Waals surface area contributed by atoms with Gasteiger partial charge in [0.1, 0.15) is 17.6 Å². The largest absolute Gasteiger partial charge is 0.383 e. The molecular formula is C21H23Cl2N3O2S2.